The highest BCUT2D eigenvalue weighted by atomic mass is 16.6. The fraction of sp³-hybridized carbons (Fsp3) is 0.920. The zero-order valence-corrected chi connectivity index (χ0v) is 68.3. The van der Waals surface area contributed by atoms with Crippen LogP contribution in [0.5, 0.6) is 0 Å². The molecule has 13 saturated carbocycles. The number of cyclic esters (lactones) is 1. The molecule has 14 aliphatic rings. The van der Waals surface area contributed by atoms with Crippen LogP contribution in [-0.4, -0.2) is 94.7 Å². The molecule has 1 heterocycles. The minimum Gasteiger partial charge on any atom is -0.465 e. The van der Waals surface area contributed by atoms with Gasteiger partial charge in [-0.05, 0) is 322 Å². The van der Waals surface area contributed by atoms with E-state index in [4.69, 9.17) is 33.2 Å². The van der Waals surface area contributed by atoms with Crippen molar-refractivity contribution in [2.24, 2.45) is 97.6 Å². The van der Waals surface area contributed by atoms with Crippen LogP contribution in [0.4, 0.5) is 0 Å². The highest BCUT2D eigenvalue weighted by Crippen LogP contribution is 2.65. The summed E-state index contributed by atoms with van der Waals surface area (Å²) in [5.74, 6) is 7.08. The summed E-state index contributed by atoms with van der Waals surface area (Å²) in [7, 11) is 0. The minimum absolute atomic E-state index is 0.00857. The molecule has 9 unspecified atom stereocenters. The number of ether oxygens (including phenoxy) is 7. The summed E-state index contributed by atoms with van der Waals surface area (Å²) in [6.45, 7) is 41.0. The second-order valence-electron chi connectivity index (χ2n) is 38.9. The second-order valence-corrected chi connectivity index (χ2v) is 38.9. The van der Waals surface area contributed by atoms with Gasteiger partial charge in [-0.1, -0.05) is 87.5 Å². The van der Waals surface area contributed by atoms with E-state index in [2.05, 4.69) is 34.6 Å². The lowest BCUT2D eigenvalue weighted by Gasteiger charge is -2.61. The van der Waals surface area contributed by atoms with Gasteiger partial charge in [0.2, 0.25) is 6.10 Å². The molecule has 0 aromatic heterocycles. The van der Waals surface area contributed by atoms with Crippen LogP contribution in [0.3, 0.4) is 0 Å². The summed E-state index contributed by atoms with van der Waals surface area (Å²) >= 11 is 0. The molecule has 14 fully saturated rings. The molecule has 0 radical (unpaired) electrons. The third-order valence-corrected chi connectivity index (χ3v) is 28.8. The third-order valence-electron chi connectivity index (χ3n) is 28.8. The van der Waals surface area contributed by atoms with Gasteiger partial charge in [-0.3, -0.25) is 28.8 Å². The van der Waals surface area contributed by atoms with E-state index in [1.807, 2.05) is 90.0 Å². The van der Waals surface area contributed by atoms with Crippen LogP contribution in [-0.2, 0) is 66.7 Å². The molecule has 586 valence electrons. The molecule has 10 bridgehead atoms. The number of hydrogen-bond acceptors (Lipinski definition) is 15. The van der Waals surface area contributed by atoms with Gasteiger partial charge in [-0.25, -0.2) is 4.79 Å². The molecule has 0 aromatic rings. The lowest BCUT2D eigenvalue weighted by Crippen LogP contribution is -2.61. The molecular formula is C87H148O15. The van der Waals surface area contributed by atoms with Crippen LogP contribution >= 0.6 is 0 Å². The molecular weight excluding hydrogens is 1280 g/mol. The van der Waals surface area contributed by atoms with E-state index in [0.29, 0.717) is 56.1 Å². The maximum Gasteiger partial charge on any atom is 0.347 e. The molecule has 1 N–H and O–H groups in total. The van der Waals surface area contributed by atoms with Gasteiger partial charge in [-0.15, -0.1) is 0 Å². The maximum absolute atomic E-state index is 12.6. The fourth-order valence-corrected chi connectivity index (χ4v) is 19.9. The normalized spacial score (nSPS) is 32.7. The number of hydrogen-bond donors (Lipinski definition) is 1. The van der Waals surface area contributed by atoms with E-state index < -0.39 is 28.5 Å². The predicted molar refractivity (Wildman–Crippen MR) is 401 cm³/mol. The van der Waals surface area contributed by atoms with Gasteiger partial charge >= 0.3 is 41.8 Å². The first kappa shape index (κ1) is 85.5. The molecule has 15 heteroatoms. The van der Waals surface area contributed by atoms with Gasteiger partial charge in [0, 0.05) is 18.3 Å². The van der Waals surface area contributed by atoms with E-state index in [9.17, 15) is 38.7 Å². The lowest BCUT2D eigenvalue weighted by molar-refractivity contribution is -0.225. The summed E-state index contributed by atoms with van der Waals surface area (Å²) in [6, 6.07) is 0. The monoisotopic (exact) mass is 1430 g/mol. The average Bonchev–Trinajstić information content (AvgIpc) is 1.01. The summed E-state index contributed by atoms with van der Waals surface area (Å²) in [6.07, 6.45) is 38.7. The summed E-state index contributed by atoms with van der Waals surface area (Å²) < 4.78 is 38.9. The van der Waals surface area contributed by atoms with Gasteiger partial charge < -0.3 is 38.3 Å². The van der Waals surface area contributed by atoms with E-state index in [0.717, 1.165) is 119 Å². The van der Waals surface area contributed by atoms with Crippen LogP contribution < -0.4 is 0 Å². The molecule has 0 amide bonds. The van der Waals surface area contributed by atoms with E-state index >= 15 is 0 Å². The van der Waals surface area contributed by atoms with Gasteiger partial charge in [-0.2, -0.15) is 0 Å². The molecule has 0 spiro atoms. The Morgan fingerprint density at radius 1 is 0.500 bits per heavy atom. The van der Waals surface area contributed by atoms with Crippen molar-refractivity contribution in [3.05, 3.63) is 0 Å². The molecule has 0 aromatic carbocycles. The van der Waals surface area contributed by atoms with Crippen molar-refractivity contribution in [2.75, 3.05) is 13.2 Å². The molecule has 1 saturated heterocycles. The number of aliphatic hydroxyl groups is 1. The van der Waals surface area contributed by atoms with Gasteiger partial charge in [0.1, 0.15) is 22.9 Å². The van der Waals surface area contributed by atoms with E-state index in [1.54, 1.807) is 13.8 Å². The number of esters is 7. The number of rotatable bonds is 21. The van der Waals surface area contributed by atoms with Crippen molar-refractivity contribution < 1.29 is 71.8 Å². The van der Waals surface area contributed by atoms with Crippen LogP contribution in [0.15, 0.2) is 0 Å². The molecule has 13 aliphatic carbocycles. The first-order valence-corrected chi connectivity index (χ1v) is 41.8. The molecule has 15 nitrogen and oxygen atoms in total. The highest BCUT2D eigenvalue weighted by molar-refractivity contribution is 5.83. The second kappa shape index (κ2) is 35.1. The average molecular weight is 1430 g/mol. The first-order valence-electron chi connectivity index (χ1n) is 41.8. The number of carbonyl (C=O) groups excluding carboxylic acids is 7. The Balaban J connectivity index is 0.000000173. The fourth-order valence-electron chi connectivity index (χ4n) is 19.9. The van der Waals surface area contributed by atoms with Gasteiger partial charge in [0.15, 0.2) is 0 Å². The Labute approximate surface area is 619 Å². The summed E-state index contributed by atoms with van der Waals surface area (Å²) in [4.78, 5) is 83.3. The van der Waals surface area contributed by atoms with Crippen molar-refractivity contribution in [1.29, 1.82) is 0 Å². The van der Waals surface area contributed by atoms with Crippen molar-refractivity contribution >= 4 is 41.8 Å². The SMILES string of the molecule is CCC(C)(C)C(=O)OC(C)(C)C12CC3CC(CC(C3)C1)C2.CCC(C)(C)C(=O)OC12CC3CC(CC(O)(C3)C1)C2.CCC(C)(C)C(=O)OC1CC2CC1C1CCCC21.CCC(C)(C)C(=O)OC1CCOC1=O.CCC(C)C(=O)OCC1CCCCC1.CCC1(OC(=O)C(C)(C)CC)CCCCC1. The van der Waals surface area contributed by atoms with E-state index in [-0.39, 0.29) is 86.3 Å². The first-order chi connectivity index (χ1) is 47.6. The Bertz CT molecular complexity index is 2720. The van der Waals surface area contributed by atoms with Gasteiger partial charge in [0.25, 0.3) is 0 Å². The molecule has 14 rings (SSSR count). The molecule has 9 atom stereocenters. The largest absolute Gasteiger partial charge is 0.465 e. The van der Waals surface area contributed by atoms with E-state index in [1.165, 1.54) is 122 Å². The molecule has 102 heavy (non-hydrogen) atoms. The Morgan fingerprint density at radius 3 is 1.45 bits per heavy atom. The van der Waals surface area contributed by atoms with Crippen molar-refractivity contribution in [1.82, 2.24) is 0 Å². The summed E-state index contributed by atoms with van der Waals surface area (Å²) in [5.41, 5.74) is -3.07. The maximum atomic E-state index is 12.6. The van der Waals surface area contributed by atoms with Crippen LogP contribution in [0.2, 0.25) is 0 Å². The third kappa shape index (κ3) is 21.3. The van der Waals surface area contributed by atoms with Crippen LogP contribution in [0.25, 0.3) is 0 Å². The lowest BCUT2D eigenvalue weighted by atomic mass is 9.46. The number of fused-ring (bicyclic) bond motifs is 5. The minimum atomic E-state index is -0.687. The Kier molecular flexibility index (Phi) is 29.4. The highest BCUT2D eigenvalue weighted by Gasteiger charge is 2.62. The van der Waals surface area contributed by atoms with Crippen molar-refractivity contribution in [3.8, 4) is 0 Å². The summed E-state index contributed by atoms with van der Waals surface area (Å²) in [5, 5.41) is 10.6. The van der Waals surface area contributed by atoms with Gasteiger partial charge in [0.05, 0.1) is 51.8 Å². The smallest absolute Gasteiger partial charge is 0.347 e. The van der Waals surface area contributed by atoms with Crippen molar-refractivity contribution in [3.63, 3.8) is 0 Å². The number of carbonyl (C=O) groups is 7. The topological polar surface area (TPSA) is 204 Å². The quantitative estimate of drug-likeness (QED) is 0.0838. The molecule has 1 aliphatic heterocycles. The predicted octanol–water partition coefficient (Wildman–Crippen LogP) is 20.3. The standard InChI is InChI=1S/C19H32O2.C16H26O3.C16H26O2.C14H26O2.C12H22O2.C10H16O4/c1-6-17(2,3)16(20)21-18(4,5)19-10-13-7-14(11-19)9-15(8-13)12-19;1-4-14(2,3)13(17)19-16-8-11-5-12(9-16)7-15(18,6-11)10-16;1-4-16(2,3)15(17)18-14-9-10-8-13(14)12-7-5-6-11(10)12;1-5-13(3,4)12(15)16-14(6-2)10-8-7-9-11-14;1-3-10(2)12(13)14-9-11-7-5-4-6-8-11;1-4-10(2,3)9(12)14-7-5-6-13-8(7)11/h13-15H,6-12H2,1-5H3;11-12,18H,4-10H2,1-3H3;10-14H,4-9H2,1-3H3;5-11H2,1-4H3;10-11H,3-9H2,1-2H3;7H,4-6H2,1-3H3. The Hall–Kier alpha value is -3.75. The van der Waals surface area contributed by atoms with Crippen LogP contribution in [0, 0.1) is 97.6 Å². The Morgan fingerprint density at radius 2 is 0.971 bits per heavy atom. The zero-order chi connectivity index (χ0) is 75.7. The van der Waals surface area contributed by atoms with Crippen molar-refractivity contribution in [2.45, 2.75) is 398 Å². The zero-order valence-electron chi connectivity index (χ0n) is 68.3. The van der Waals surface area contributed by atoms with Crippen LogP contribution in [0.1, 0.15) is 363 Å².